The number of aliphatic hydroxyl groups excluding tert-OH is 1. The van der Waals surface area contributed by atoms with E-state index >= 15 is 0 Å². The highest BCUT2D eigenvalue weighted by Gasteiger charge is 2.10. The first kappa shape index (κ1) is 14.5. The molecular weight excluding hydrogens is 253 g/mol. The van der Waals surface area contributed by atoms with Gasteiger partial charge in [0.2, 0.25) is 0 Å². The van der Waals surface area contributed by atoms with Gasteiger partial charge in [0.25, 0.3) is 0 Å². The van der Waals surface area contributed by atoms with Gasteiger partial charge in [-0.3, -0.25) is 0 Å². The van der Waals surface area contributed by atoms with Crippen molar-refractivity contribution >= 4 is 5.69 Å². The second-order valence-electron chi connectivity index (χ2n) is 5.12. The molecule has 0 aliphatic carbocycles. The van der Waals surface area contributed by atoms with Crippen LogP contribution in [-0.2, 0) is 0 Å². The van der Waals surface area contributed by atoms with E-state index in [9.17, 15) is 9.50 Å². The first-order valence-electron chi connectivity index (χ1n) is 6.77. The van der Waals surface area contributed by atoms with Gasteiger partial charge in [0, 0.05) is 19.3 Å². The highest BCUT2D eigenvalue weighted by Crippen LogP contribution is 2.20. The van der Waals surface area contributed by atoms with E-state index in [2.05, 4.69) is 24.0 Å². The summed E-state index contributed by atoms with van der Waals surface area (Å²) < 4.78 is 13.1. The molecule has 2 rings (SSSR count). The van der Waals surface area contributed by atoms with E-state index in [1.165, 1.54) is 17.7 Å². The van der Waals surface area contributed by atoms with E-state index in [4.69, 9.17) is 0 Å². The molecule has 1 atom stereocenters. The quantitative estimate of drug-likeness (QED) is 0.898. The highest BCUT2D eigenvalue weighted by molar-refractivity contribution is 5.47. The Labute approximate surface area is 119 Å². The fourth-order valence-corrected chi connectivity index (χ4v) is 2.19. The molecule has 0 aromatic heterocycles. The van der Waals surface area contributed by atoms with Crippen LogP contribution in [0, 0.1) is 12.7 Å². The lowest BCUT2D eigenvalue weighted by atomic mass is 10.1. The van der Waals surface area contributed by atoms with Crippen molar-refractivity contribution in [2.75, 3.05) is 18.5 Å². The number of benzene rings is 2. The molecule has 0 saturated heterocycles. The summed E-state index contributed by atoms with van der Waals surface area (Å²) in [5.74, 6) is -0.311. The lowest BCUT2D eigenvalue weighted by molar-refractivity contribution is 0.169. The van der Waals surface area contributed by atoms with Gasteiger partial charge < -0.3 is 10.0 Å². The van der Waals surface area contributed by atoms with Crippen molar-refractivity contribution in [1.82, 2.24) is 0 Å². The monoisotopic (exact) mass is 273 g/mol. The first-order valence-corrected chi connectivity index (χ1v) is 6.77. The van der Waals surface area contributed by atoms with E-state index in [1.54, 1.807) is 12.1 Å². The van der Waals surface area contributed by atoms with Gasteiger partial charge in [0.05, 0.1) is 6.10 Å². The predicted molar refractivity (Wildman–Crippen MR) is 80.4 cm³/mol. The maximum atomic E-state index is 13.1. The Morgan fingerprint density at radius 3 is 2.60 bits per heavy atom. The molecule has 0 bridgehead atoms. The molecule has 0 heterocycles. The Kier molecular flexibility index (Phi) is 4.74. The van der Waals surface area contributed by atoms with Crippen LogP contribution in [0.5, 0.6) is 0 Å². The molecule has 2 nitrogen and oxygen atoms in total. The molecule has 20 heavy (non-hydrogen) atoms. The molecule has 0 saturated carbocycles. The maximum absolute atomic E-state index is 13.1. The van der Waals surface area contributed by atoms with Gasteiger partial charge in [-0.2, -0.15) is 0 Å². The van der Waals surface area contributed by atoms with Crippen LogP contribution in [0.15, 0.2) is 48.5 Å². The first-order chi connectivity index (χ1) is 9.56. The zero-order valence-corrected chi connectivity index (χ0v) is 11.9. The number of aryl methyl sites for hydroxylation is 1. The predicted octanol–water partition coefficient (Wildman–Crippen LogP) is 3.69. The molecule has 1 N–H and O–H groups in total. The van der Waals surface area contributed by atoms with Gasteiger partial charge in [-0.05, 0) is 48.7 Å². The minimum absolute atomic E-state index is 0.311. The van der Waals surface area contributed by atoms with Crippen molar-refractivity contribution in [3.8, 4) is 0 Å². The lowest BCUT2D eigenvalue weighted by Gasteiger charge is -2.21. The second kappa shape index (κ2) is 6.53. The summed E-state index contributed by atoms with van der Waals surface area (Å²) in [6, 6.07) is 14.4. The average Bonchev–Trinajstić information content (AvgIpc) is 2.44. The van der Waals surface area contributed by atoms with Crippen LogP contribution in [-0.4, -0.2) is 18.7 Å². The number of aliphatic hydroxyl groups is 1. The number of hydrogen-bond acceptors (Lipinski definition) is 2. The largest absolute Gasteiger partial charge is 0.388 e. The van der Waals surface area contributed by atoms with Gasteiger partial charge in [-0.25, -0.2) is 4.39 Å². The molecule has 2 aromatic rings. The van der Waals surface area contributed by atoms with E-state index < -0.39 is 6.10 Å². The van der Waals surface area contributed by atoms with E-state index in [1.807, 2.05) is 19.2 Å². The number of anilines is 1. The van der Waals surface area contributed by atoms with Crippen molar-refractivity contribution < 1.29 is 9.50 Å². The van der Waals surface area contributed by atoms with Gasteiger partial charge in [0.1, 0.15) is 5.82 Å². The molecule has 0 fully saturated rings. The Morgan fingerprint density at radius 1 is 1.15 bits per heavy atom. The Bertz CT molecular complexity index is 519. The number of hydrogen-bond donors (Lipinski definition) is 1. The lowest BCUT2D eigenvalue weighted by Crippen LogP contribution is -2.20. The van der Waals surface area contributed by atoms with Crippen LogP contribution in [0.3, 0.4) is 0 Å². The Morgan fingerprint density at radius 2 is 1.90 bits per heavy atom. The molecular formula is C17H20FNO. The summed E-state index contributed by atoms with van der Waals surface area (Å²) in [6.45, 7) is 2.76. The summed E-state index contributed by atoms with van der Waals surface area (Å²) in [4.78, 5) is 2.09. The molecule has 1 unspecified atom stereocenters. The molecule has 0 spiro atoms. The fraction of sp³-hybridized carbons (Fsp3) is 0.294. The van der Waals surface area contributed by atoms with Gasteiger partial charge in [0.15, 0.2) is 0 Å². The summed E-state index contributed by atoms with van der Waals surface area (Å²) in [6.07, 6.45) is -0.0774. The third-order valence-corrected chi connectivity index (χ3v) is 3.41. The third kappa shape index (κ3) is 3.81. The molecule has 0 aliphatic heterocycles. The normalized spacial score (nSPS) is 12.2. The Balaban J connectivity index is 1.94. The van der Waals surface area contributed by atoms with Crippen LogP contribution in [0.2, 0.25) is 0 Å². The summed E-state index contributed by atoms with van der Waals surface area (Å²) in [5, 5.41) is 10.1. The average molecular weight is 273 g/mol. The van der Waals surface area contributed by atoms with Gasteiger partial charge in [-0.15, -0.1) is 0 Å². The fourth-order valence-electron chi connectivity index (χ4n) is 2.19. The molecule has 0 amide bonds. The third-order valence-electron chi connectivity index (χ3n) is 3.41. The second-order valence-corrected chi connectivity index (χ2v) is 5.12. The molecule has 0 aliphatic rings. The van der Waals surface area contributed by atoms with Crippen LogP contribution in [0.1, 0.15) is 23.7 Å². The summed E-state index contributed by atoms with van der Waals surface area (Å²) in [7, 11) is 1.99. The standard InChI is InChI=1S/C17H20FNO/c1-13-5-3-8-16(11-13)19(2)10-9-17(20)14-6-4-7-15(18)12-14/h3-8,11-12,17,20H,9-10H2,1-2H3. The van der Waals surface area contributed by atoms with Crippen molar-refractivity contribution in [3.05, 3.63) is 65.5 Å². The van der Waals surface area contributed by atoms with Crippen molar-refractivity contribution in [2.45, 2.75) is 19.4 Å². The van der Waals surface area contributed by atoms with Gasteiger partial charge >= 0.3 is 0 Å². The highest BCUT2D eigenvalue weighted by atomic mass is 19.1. The van der Waals surface area contributed by atoms with Crippen LogP contribution in [0.25, 0.3) is 0 Å². The van der Waals surface area contributed by atoms with Crippen molar-refractivity contribution in [1.29, 1.82) is 0 Å². The minimum atomic E-state index is -0.641. The summed E-state index contributed by atoms with van der Waals surface area (Å²) in [5.41, 5.74) is 2.96. The summed E-state index contributed by atoms with van der Waals surface area (Å²) >= 11 is 0. The van der Waals surface area contributed by atoms with Crippen LogP contribution < -0.4 is 4.90 Å². The Hall–Kier alpha value is -1.87. The minimum Gasteiger partial charge on any atom is -0.388 e. The zero-order valence-electron chi connectivity index (χ0n) is 11.9. The van der Waals surface area contributed by atoms with E-state index in [0.29, 0.717) is 18.5 Å². The van der Waals surface area contributed by atoms with Crippen molar-refractivity contribution in [3.63, 3.8) is 0 Å². The van der Waals surface area contributed by atoms with Crippen molar-refractivity contribution in [2.24, 2.45) is 0 Å². The van der Waals surface area contributed by atoms with E-state index in [0.717, 1.165) is 5.69 Å². The number of nitrogens with zero attached hydrogens (tertiary/aromatic N) is 1. The zero-order chi connectivity index (χ0) is 14.5. The topological polar surface area (TPSA) is 23.5 Å². The SMILES string of the molecule is Cc1cccc(N(C)CCC(O)c2cccc(F)c2)c1. The molecule has 2 aromatic carbocycles. The van der Waals surface area contributed by atoms with Crippen LogP contribution >= 0.6 is 0 Å². The number of rotatable bonds is 5. The van der Waals surface area contributed by atoms with Gasteiger partial charge in [-0.1, -0.05) is 24.3 Å². The maximum Gasteiger partial charge on any atom is 0.123 e. The molecule has 3 heteroatoms. The van der Waals surface area contributed by atoms with Crippen LogP contribution in [0.4, 0.5) is 10.1 Å². The molecule has 106 valence electrons. The molecule has 0 radical (unpaired) electrons. The number of halogens is 1. The smallest absolute Gasteiger partial charge is 0.123 e. The van der Waals surface area contributed by atoms with E-state index in [-0.39, 0.29) is 5.82 Å².